The van der Waals surface area contributed by atoms with E-state index in [9.17, 15) is 4.79 Å². The van der Waals surface area contributed by atoms with Gasteiger partial charge in [-0.2, -0.15) is 0 Å². The van der Waals surface area contributed by atoms with Crippen LogP contribution in [0.4, 0.5) is 5.69 Å². The zero-order chi connectivity index (χ0) is 10.8. The maximum absolute atomic E-state index is 10.6. The summed E-state index contributed by atoms with van der Waals surface area (Å²) < 4.78 is 0. The van der Waals surface area contributed by atoms with E-state index in [2.05, 4.69) is 36.9 Å². The number of hydrogen-bond donors (Lipinski definition) is 0. The Morgan fingerprint density at radius 3 is 3.00 bits per heavy atom. The highest BCUT2D eigenvalue weighted by Gasteiger charge is 2.25. The normalized spacial score (nSPS) is 19.1. The molecule has 0 amide bonds. The van der Waals surface area contributed by atoms with Gasteiger partial charge in [0.15, 0.2) is 0 Å². The van der Waals surface area contributed by atoms with Crippen LogP contribution in [0.3, 0.4) is 0 Å². The van der Waals surface area contributed by atoms with Crippen LogP contribution in [0.2, 0.25) is 0 Å². The van der Waals surface area contributed by atoms with Crippen LogP contribution >= 0.6 is 0 Å². The molecule has 1 unspecified atom stereocenters. The highest BCUT2D eigenvalue weighted by atomic mass is 16.1. The van der Waals surface area contributed by atoms with Gasteiger partial charge in [-0.15, -0.1) is 0 Å². The summed E-state index contributed by atoms with van der Waals surface area (Å²) in [5.74, 6) is 0. The molecule has 2 rings (SSSR count). The van der Waals surface area contributed by atoms with Gasteiger partial charge in [-0.05, 0) is 37.5 Å². The number of benzene rings is 1. The second kappa shape index (κ2) is 4.05. The van der Waals surface area contributed by atoms with E-state index in [1.54, 1.807) is 0 Å². The molecule has 1 heterocycles. The summed E-state index contributed by atoms with van der Waals surface area (Å²) in [6, 6.07) is 6.85. The fourth-order valence-electron chi connectivity index (χ4n) is 2.53. The smallest absolute Gasteiger partial charge is 0.124 e. The summed E-state index contributed by atoms with van der Waals surface area (Å²) in [5.41, 5.74) is 3.90. The summed E-state index contributed by atoms with van der Waals surface area (Å²) in [7, 11) is 0. The van der Waals surface area contributed by atoms with Crippen molar-refractivity contribution in [1.82, 2.24) is 0 Å². The first-order valence-corrected chi connectivity index (χ1v) is 5.59. The number of rotatable bonds is 3. The Morgan fingerprint density at radius 2 is 2.33 bits per heavy atom. The molecule has 2 nitrogen and oxygen atoms in total. The SMILES string of the molecule is CCN1c2cccc(CC=O)c2CC1C. The van der Waals surface area contributed by atoms with Crippen molar-refractivity contribution >= 4 is 12.0 Å². The molecule has 0 bridgehead atoms. The Bertz CT molecular complexity index is 373. The van der Waals surface area contributed by atoms with E-state index in [0.717, 1.165) is 19.3 Å². The van der Waals surface area contributed by atoms with Crippen LogP contribution in [-0.4, -0.2) is 18.9 Å². The fraction of sp³-hybridized carbons (Fsp3) is 0.462. The third-order valence-electron chi connectivity index (χ3n) is 3.23. The molecule has 0 N–H and O–H groups in total. The number of anilines is 1. The van der Waals surface area contributed by atoms with Crippen molar-refractivity contribution in [2.75, 3.05) is 11.4 Å². The molecule has 2 heteroatoms. The number of aldehydes is 1. The Kier molecular flexibility index (Phi) is 2.76. The van der Waals surface area contributed by atoms with Gasteiger partial charge in [0, 0.05) is 24.7 Å². The predicted octanol–water partition coefficient (Wildman–Crippen LogP) is 2.20. The number of carbonyl (C=O) groups is 1. The van der Waals surface area contributed by atoms with Crippen molar-refractivity contribution in [3.05, 3.63) is 29.3 Å². The summed E-state index contributed by atoms with van der Waals surface area (Å²) in [5, 5.41) is 0. The second-order valence-electron chi connectivity index (χ2n) is 4.12. The average molecular weight is 203 g/mol. The van der Waals surface area contributed by atoms with Gasteiger partial charge in [0.05, 0.1) is 0 Å². The standard InChI is InChI=1S/C13H17NO/c1-3-14-10(2)9-12-11(7-8-15)5-4-6-13(12)14/h4-6,8,10H,3,7,9H2,1-2H3. The minimum atomic E-state index is 0.549. The molecule has 1 aromatic rings. The zero-order valence-electron chi connectivity index (χ0n) is 9.36. The summed E-state index contributed by atoms with van der Waals surface area (Å²) in [6.07, 6.45) is 2.62. The van der Waals surface area contributed by atoms with Gasteiger partial charge in [-0.3, -0.25) is 0 Å². The predicted molar refractivity (Wildman–Crippen MR) is 62.4 cm³/mol. The van der Waals surface area contributed by atoms with Crippen LogP contribution in [-0.2, 0) is 17.6 Å². The molecule has 1 aromatic carbocycles. The monoisotopic (exact) mass is 203 g/mol. The van der Waals surface area contributed by atoms with Gasteiger partial charge in [-0.25, -0.2) is 0 Å². The molecule has 0 saturated heterocycles. The van der Waals surface area contributed by atoms with E-state index in [0.29, 0.717) is 12.5 Å². The van der Waals surface area contributed by atoms with E-state index in [1.807, 2.05) is 0 Å². The van der Waals surface area contributed by atoms with Crippen molar-refractivity contribution in [1.29, 1.82) is 0 Å². The Morgan fingerprint density at radius 1 is 1.53 bits per heavy atom. The van der Waals surface area contributed by atoms with Crippen LogP contribution in [0, 0.1) is 0 Å². The topological polar surface area (TPSA) is 20.3 Å². The van der Waals surface area contributed by atoms with E-state index in [4.69, 9.17) is 0 Å². The third kappa shape index (κ3) is 1.65. The molecule has 1 atom stereocenters. The van der Waals surface area contributed by atoms with Gasteiger partial charge in [0.2, 0.25) is 0 Å². The molecule has 80 valence electrons. The van der Waals surface area contributed by atoms with E-state index in [1.165, 1.54) is 16.8 Å². The first kappa shape index (κ1) is 10.2. The number of carbonyl (C=O) groups excluding carboxylic acids is 1. The van der Waals surface area contributed by atoms with Crippen LogP contribution in [0.15, 0.2) is 18.2 Å². The van der Waals surface area contributed by atoms with E-state index in [-0.39, 0.29) is 0 Å². The number of fused-ring (bicyclic) bond motifs is 1. The van der Waals surface area contributed by atoms with Gasteiger partial charge in [0.1, 0.15) is 6.29 Å². The van der Waals surface area contributed by atoms with Crippen molar-refractivity contribution in [3.63, 3.8) is 0 Å². The van der Waals surface area contributed by atoms with Crippen LogP contribution in [0.5, 0.6) is 0 Å². The van der Waals surface area contributed by atoms with Crippen LogP contribution < -0.4 is 4.90 Å². The first-order valence-electron chi connectivity index (χ1n) is 5.59. The lowest BCUT2D eigenvalue weighted by Gasteiger charge is -2.22. The van der Waals surface area contributed by atoms with Crippen molar-refractivity contribution in [3.8, 4) is 0 Å². The maximum atomic E-state index is 10.6. The Balaban J connectivity index is 2.42. The van der Waals surface area contributed by atoms with Gasteiger partial charge in [0.25, 0.3) is 0 Å². The number of hydrogen-bond acceptors (Lipinski definition) is 2. The molecular formula is C13H17NO. The fourth-order valence-corrected chi connectivity index (χ4v) is 2.53. The summed E-state index contributed by atoms with van der Waals surface area (Å²) >= 11 is 0. The molecule has 0 fully saturated rings. The second-order valence-corrected chi connectivity index (χ2v) is 4.12. The third-order valence-corrected chi connectivity index (χ3v) is 3.23. The first-order chi connectivity index (χ1) is 7.27. The molecule has 0 aromatic heterocycles. The van der Waals surface area contributed by atoms with Crippen molar-refractivity contribution in [2.45, 2.75) is 32.7 Å². The highest BCUT2D eigenvalue weighted by Crippen LogP contribution is 2.34. The van der Waals surface area contributed by atoms with Gasteiger partial charge in [-0.1, -0.05) is 12.1 Å². The zero-order valence-corrected chi connectivity index (χ0v) is 9.36. The van der Waals surface area contributed by atoms with Gasteiger partial charge < -0.3 is 9.69 Å². The van der Waals surface area contributed by atoms with Crippen molar-refractivity contribution in [2.24, 2.45) is 0 Å². The molecule has 0 saturated carbocycles. The maximum Gasteiger partial charge on any atom is 0.124 e. The van der Waals surface area contributed by atoms with Crippen molar-refractivity contribution < 1.29 is 4.79 Å². The molecule has 0 radical (unpaired) electrons. The molecule has 1 aliphatic heterocycles. The van der Waals surface area contributed by atoms with Crippen LogP contribution in [0.25, 0.3) is 0 Å². The Labute approximate surface area is 90.9 Å². The lowest BCUT2D eigenvalue weighted by Crippen LogP contribution is -2.28. The lowest BCUT2D eigenvalue weighted by molar-refractivity contribution is -0.107. The Hall–Kier alpha value is -1.31. The molecule has 0 aliphatic carbocycles. The molecule has 1 aliphatic rings. The minimum absolute atomic E-state index is 0.549. The van der Waals surface area contributed by atoms with Crippen LogP contribution in [0.1, 0.15) is 25.0 Å². The lowest BCUT2D eigenvalue weighted by atomic mass is 10.0. The molecular weight excluding hydrogens is 186 g/mol. The molecule has 0 spiro atoms. The number of likely N-dealkylation sites (N-methyl/N-ethyl adjacent to an activating group) is 1. The molecule has 15 heavy (non-hydrogen) atoms. The van der Waals surface area contributed by atoms with Gasteiger partial charge >= 0.3 is 0 Å². The largest absolute Gasteiger partial charge is 0.369 e. The summed E-state index contributed by atoms with van der Waals surface area (Å²) in [6.45, 7) is 5.46. The highest BCUT2D eigenvalue weighted by molar-refractivity contribution is 5.66. The van der Waals surface area contributed by atoms with E-state index < -0.39 is 0 Å². The van der Waals surface area contributed by atoms with E-state index >= 15 is 0 Å². The number of nitrogens with zero attached hydrogens (tertiary/aromatic N) is 1. The minimum Gasteiger partial charge on any atom is -0.369 e. The quantitative estimate of drug-likeness (QED) is 0.702. The summed E-state index contributed by atoms with van der Waals surface area (Å²) in [4.78, 5) is 13.0. The average Bonchev–Trinajstić information content (AvgIpc) is 2.55.